The van der Waals surface area contributed by atoms with E-state index in [9.17, 15) is 9.59 Å². The summed E-state index contributed by atoms with van der Waals surface area (Å²) < 4.78 is 9.78. The predicted molar refractivity (Wildman–Crippen MR) is 105 cm³/mol. The van der Waals surface area contributed by atoms with E-state index in [2.05, 4.69) is 20.8 Å². The Morgan fingerprint density at radius 3 is 2.19 bits per heavy atom. The van der Waals surface area contributed by atoms with Crippen molar-refractivity contribution >= 4 is 23.5 Å². The van der Waals surface area contributed by atoms with E-state index in [1.54, 1.807) is 0 Å². The lowest BCUT2D eigenvalue weighted by Crippen LogP contribution is -2.37. The van der Waals surface area contributed by atoms with Crippen molar-refractivity contribution in [3.63, 3.8) is 0 Å². The lowest BCUT2D eigenvalue weighted by atomic mass is 9.72. The normalized spacial score (nSPS) is 25.6. The Labute approximate surface area is 164 Å². The van der Waals surface area contributed by atoms with Crippen molar-refractivity contribution in [3.05, 3.63) is 0 Å². The summed E-state index contributed by atoms with van der Waals surface area (Å²) in [5.41, 5.74) is 0. The molecule has 0 N–H and O–H groups in total. The first kappa shape index (κ1) is 23.3. The first-order chi connectivity index (χ1) is 12.2. The summed E-state index contributed by atoms with van der Waals surface area (Å²) in [6, 6.07) is 0. The third-order valence-electron chi connectivity index (χ3n) is 5.76. The molecule has 0 aromatic rings. The Morgan fingerprint density at radius 2 is 1.62 bits per heavy atom. The maximum absolute atomic E-state index is 12.1. The van der Waals surface area contributed by atoms with Crippen LogP contribution in [0.25, 0.3) is 0 Å². The van der Waals surface area contributed by atoms with Crippen LogP contribution in [0.5, 0.6) is 0 Å². The summed E-state index contributed by atoms with van der Waals surface area (Å²) >= 11 is 6.69. The van der Waals surface area contributed by atoms with E-state index in [0.717, 1.165) is 38.0 Å². The van der Waals surface area contributed by atoms with Crippen LogP contribution in [0.4, 0.5) is 0 Å². The van der Waals surface area contributed by atoms with Crippen LogP contribution in [0.15, 0.2) is 0 Å². The molecule has 0 spiro atoms. The molecule has 0 saturated heterocycles. The van der Waals surface area contributed by atoms with E-state index in [1.807, 2.05) is 0 Å². The van der Waals surface area contributed by atoms with Crippen molar-refractivity contribution in [1.29, 1.82) is 0 Å². The minimum atomic E-state index is -0.375. The summed E-state index contributed by atoms with van der Waals surface area (Å²) in [6.45, 7) is 6.63. The van der Waals surface area contributed by atoms with Gasteiger partial charge in [-0.15, -0.1) is 11.6 Å². The molecule has 0 amide bonds. The van der Waals surface area contributed by atoms with Gasteiger partial charge in [0.05, 0.1) is 26.1 Å². The molecule has 0 bridgehead atoms. The number of hydrogen-bond donors (Lipinski definition) is 0. The molecule has 0 aromatic carbocycles. The van der Waals surface area contributed by atoms with Crippen LogP contribution >= 0.6 is 11.6 Å². The average Bonchev–Trinajstić information content (AvgIpc) is 2.59. The van der Waals surface area contributed by atoms with Gasteiger partial charge >= 0.3 is 11.9 Å². The van der Waals surface area contributed by atoms with Gasteiger partial charge in [0.2, 0.25) is 0 Å². The first-order valence-corrected chi connectivity index (χ1v) is 10.4. The van der Waals surface area contributed by atoms with Crippen molar-refractivity contribution in [2.75, 3.05) is 14.2 Å². The monoisotopic (exact) mass is 388 g/mol. The molecule has 0 heterocycles. The lowest BCUT2D eigenvalue weighted by molar-refractivity contribution is -0.160. The SMILES string of the molecule is COC(=O)C1CCC(CCCC(C)(Cl)CCCC(C)C)CC1C(=O)OC. The highest BCUT2D eigenvalue weighted by molar-refractivity contribution is 6.23. The van der Waals surface area contributed by atoms with Gasteiger partial charge in [-0.25, -0.2) is 0 Å². The van der Waals surface area contributed by atoms with Crippen LogP contribution in [0, 0.1) is 23.7 Å². The van der Waals surface area contributed by atoms with E-state index >= 15 is 0 Å². The molecule has 0 radical (unpaired) electrons. The number of halogens is 1. The van der Waals surface area contributed by atoms with Gasteiger partial charge in [-0.2, -0.15) is 0 Å². The Kier molecular flexibility index (Phi) is 9.99. The number of carbonyl (C=O) groups is 2. The summed E-state index contributed by atoms with van der Waals surface area (Å²) in [5, 5.41) is 0. The van der Waals surface area contributed by atoms with Gasteiger partial charge < -0.3 is 9.47 Å². The first-order valence-electron chi connectivity index (χ1n) is 10.0. The summed E-state index contributed by atoms with van der Waals surface area (Å²) in [5.74, 6) is -0.151. The van der Waals surface area contributed by atoms with Gasteiger partial charge in [-0.05, 0) is 50.9 Å². The van der Waals surface area contributed by atoms with E-state index in [1.165, 1.54) is 27.1 Å². The number of methoxy groups -OCH3 is 2. The quantitative estimate of drug-likeness (QED) is 0.373. The predicted octanol–water partition coefficient (Wildman–Crippen LogP) is 5.36. The second kappa shape index (κ2) is 11.2. The number of carbonyl (C=O) groups excluding carboxylic acids is 2. The summed E-state index contributed by atoms with van der Waals surface area (Å²) in [6.07, 6.45) is 8.91. The molecule has 152 valence electrons. The van der Waals surface area contributed by atoms with Crippen LogP contribution in [0.3, 0.4) is 0 Å². The summed E-state index contributed by atoms with van der Waals surface area (Å²) in [7, 11) is 2.76. The van der Waals surface area contributed by atoms with Gasteiger partial charge in [0.1, 0.15) is 0 Å². The van der Waals surface area contributed by atoms with Crippen LogP contribution in [0.1, 0.15) is 78.6 Å². The highest BCUT2D eigenvalue weighted by Crippen LogP contribution is 2.39. The maximum atomic E-state index is 12.1. The Hall–Kier alpha value is -0.770. The van der Waals surface area contributed by atoms with Crippen molar-refractivity contribution in [2.24, 2.45) is 23.7 Å². The zero-order valence-electron chi connectivity index (χ0n) is 17.2. The largest absolute Gasteiger partial charge is 0.469 e. The molecular formula is C21H37ClO4. The van der Waals surface area contributed by atoms with Crippen LogP contribution < -0.4 is 0 Å². The Bertz CT molecular complexity index is 447. The molecule has 1 aliphatic carbocycles. The lowest BCUT2D eigenvalue weighted by Gasteiger charge is -2.33. The molecule has 0 aliphatic heterocycles. The fourth-order valence-corrected chi connectivity index (χ4v) is 4.40. The molecule has 0 aromatic heterocycles. The molecule has 1 saturated carbocycles. The maximum Gasteiger partial charge on any atom is 0.309 e. The van der Waals surface area contributed by atoms with Crippen molar-refractivity contribution in [3.8, 4) is 0 Å². The molecule has 1 aliphatic rings. The minimum absolute atomic E-state index is 0.139. The summed E-state index contributed by atoms with van der Waals surface area (Å²) in [4.78, 5) is 23.9. The molecule has 26 heavy (non-hydrogen) atoms. The molecule has 4 nitrogen and oxygen atoms in total. The highest BCUT2D eigenvalue weighted by atomic mass is 35.5. The second-order valence-corrected chi connectivity index (χ2v) is 9.44. The molecule has 1 rings (SSSR count). The van der Waals surface area contributed by atoms with E-state index in [-0.39, 0.29) is 28.6 Å². The van der Waals surface area contributed by atoms with Gasteiger partial charge in [-0.3, -0.25) is 9.59 Å². The fourth-order valence-electron chi connectivity index (χ4n) is 4.13. The second-order valence-electron chi connectivity index (χ2n) is 8.53. The minimum Gasteiger partial charge on any atom is -0.469 e. The van der Waals surface area contributed by atoms with E-state index in [4.69, 9.17) is 21.1 Å². The molecular weight excluding hydrogens is 352 g/mol. The number of rotatable bonds is 10. The Balaban J connectivity index is 2.46. The number of esters is 2. The third-order valence-corrected chi connectivity index (χ3v) is 6.13. The average molecular weight is 389 g/mol. The number of alkyl halides is 1. The molecule has 1 fully saturated rings. The number of ether oxygens (including phenoxy) is 2. The molecule has 5 heteroatoms. The fraction of sp³-hybridized carbons (Fsp3) is 0.905. The van der Waals surface area contributed by atoms with E-state index in [0.29, 0.717) is 18.8 Å². The van der Waals surface area contributed by atoms with Gasteiger partial charge in [0.25, 0.3) is 0 Å². The zero-order chi connectivity index (χ0) is 19.7. The van der Waals surface area contributed by atoms with Crippen LogP contribution in [0.2, 0.25) is 0 Å². The standard InChI is InChI=1S/C21H37ClO4/c1-15(2)8-6-12-21(3,22)13-7-9-16-10-11-17(19(23)25-4)18(14-16)20(24)26-5/h15-18H,6-14H2,1-5H3. The zero-order valence-corrected chi connectivity index (χ0v) is 17.9. The van der Waals surface area contributed by atoms with Crippen molar-refractivity contribution in [2.45, 2.75) is 83.4 Å². The van der Waals surface area contributed by atoms with Crippen LogP contribution in [-0.2, 0) is 19.1 Å². The van der Waals surface area contributed by atoms with Gasteiger partial charge in [-0.1, -0.05) is 39.5 Å². The number of hydrogen-bond acceptors (Lipinski definition) is 4. The third kappa shape index (κ3) is 7.85. The Morgan fingerprint density at radius 1 is 1.04 bits per heavy atom. The molecule has 4 unspecified atom stereocenters. The van der Waals surface area contributed by atoms with Crippen molar-refractivity contribution < 1.29 is 19.1 Å². The van der Waals surface area contributed by atoms with Gasteiger partial charge in [0, 0.05) is 4.87 Å². The molecule has 4 atom stereocenters. The van der Waals surface area contributed by atoms with E-state index < -0.39 is 0 Å². The smallest absolute Gasteiger partial charge is 0.309 e. The highest BCUT2D eigenvalue weighted by Gasteiger charge is 2.40. The van der Waals surface area contributed by atoms with Crippen LogP contribution in [-0.4, -0.2) is 31.0 Å². The topological polar surface area (TPSA) is 52.6 Å². The van der Waals surface area contributed by atoms with Gasteiger partial charge in [0.15, 0.2) is 0 Å². The van der Waals surface area contributed by atoms with Crippen molar-refractivity contribution in [1.82, 2.24) is 0 Å².